The van der Waals surface area contributed by atoms with Crippen LogP contribution in [0.15, 0.2) is 34.9 Å². The number of hydrogen-bond donors (Lipinski definition) is 1. The molecule has 5 heteroatoms. The van der Waals surface area contributed by atoms with E-state index in [4.69, 9.17) is 10.2 Å². The Balaban J connectivity index is 2.02. The van der Waals surface area contributed by atoms with Crippen molar-refractivity contribution in [2.75, 3.05) is 17.7 Å². The third-order valence-corrected chi connectivity index (χ3v) is 3.35. The standard InChI is InChI=1S/C15H16N4O/c1-9-6-15(17-8-12(9)16)19(3)11-4-5-14-13(7-11)18-10(2)20-14/h4-8H,16H2,1-3H3. The first-order chi connectivity index (χ1) is 9.54. The normalized spacial score (nSPS) is 10.9. The van der Waals surface area contributed by atoms with Gasteiger partial charge in [0.2, 0.25) is 0 Å². The van der Waals surface area contributed by atoms with Crippen molar-refractivity contribution in [3.05, 3.63) is 41.9 Å². The van der Waals surface area contributed by atoms with Crippen molar-refractivity contribution in [1.29, 1.82) is 0 Å². The Morgan fingerprint density at radius 3 is 2.75 bits per heavy atom. The van der Waals surface area contributed by atoms with Gasteiger partial charge in [0, 0.05) is 19.7 Å². The molecule has 0 aliphatic carbocycles. The molecule has 3 aromatic rings. The van der Waals surface area contributed by atoms with Crippen LogP contribution in [0.4, 0.5) is 17.2 Å². The zero-order valence-electron chi connectivity index (χ0n) is 11.7. The van der Waals surface area contributed by atoms with Gasteiger partial charge in [0.25, 0.3) is 0 Å². The maximum Gasteiger partial charge on any atom is 0.192 e. The molecule has 0 aliphatic rings. The highest BCUT2D eigenvalue weighted by Crippen LogP contribution is 2.27. The molecule has 0 saturated carbocycles. The summed E-state index contributed by atoms with van der Waals surface area (Å²) >= 11 is 0. The average molecular weight is 268 g/mol. The Labute approximate surface area is 117 Å². The largest absolute Gasteiger partial charge is 0.441 e. The minimum atomic E-state index is 0.668. The second kappa shape index (κ2) is 4.52. The summed E-state index contributed by atoms with van der Waals surface area (Å²) in [4.78, 5) is 10.7. The number of aromatic nitrogens is 2. The predicted octanol–water partition coefficient (Wildman–Crippen LogP) is 3.19. The maximum absolute atomic E-state index is 5.80. The molecular formula is C15H16N4O. The second-order valence-corrected chi connectivity index (χ2v) is 4.84. The van der Waals surface area contributed by atoms with Gasteiger partial charge < -0.3 is 15.1 Å². The number of nitrogens with two attached hydrogens (primary N) is 1. The molecule has 0 saturated heterocycles. The zero-order chi connectivity index (χ0) is 14.3. The van der Waals surface area contributed by atoms with Crippen LogP contribution in [0.1, 0.15) is 11.5 Å². The number of hydrogen-bond acceptors (Lipinski definition) is 5. The van der Waals surface area contributed by atoms with Gasteiger partial charge in [0.15, 0.2) is 11.5 Å². The SMILES string of the molecule is Cc1nc2cc(N(C)c3cc(C)c(N)cn3)ccc2o1. The van der Waals surface area contributed by atoms with E-state index in [0.29, 0.717) is 11.6 Å². The molecule has 0 amide bonds. The van der Waals surface area contributed by atoms with Crippen molar-refractivity contribution >= 4 is 28.3 Å². The van der Waals surface area contributed by atoms with Crippen LogP contribution in [0.25, 0.3) is 11.1 Å². The van der Waals surface area contributed by atoms with Crippen LogP contribution >= 0.6 is 0 Å². The number of aryl methyl sites for hydroxylation is 2. The maximum atomic E-state index is 5.80. The highest BCUT2D eigenvalue weighted by molar-refractivity contribution is 5.79. The fraction of sp³-hybridized carbons (Fsp3) is 0.200. The highest BCUT2D eigenvalue weighted by Gasteiger charge is 2.09. The molecule has 0 radical (unpaired) electrons. The van der Waals surface area contributed by atoms with Crippen LogP contribution in [0.3, 0.4) is 0 Å². The van der Waals surface area contributed by atoms with Gasteiger partial charge in [-0.25, -0.2) is 9.97 Å². The molecule has 0 fully saturated rings. The monoisotopic (exact) mass is 268 g/mol. The first-order valence-corrected chi connectivity index (χ1v) is 6.37. The number of anilines is 3. The summed E-state index contributed by atoms with van der Waals surface area (Å²) in [5, 5.41) is 0. The van der Waals surface area contributed by atoms with Gasteiger partial charge in [0.1, 0.15) is 11.3 Å². The highest BCUT2D eigenvalue weighted by atomic mass is 16.3. The number of rotatable bonds is 2. The summed E-state index contributed by atoms with van der Waals surface area (Å²) in [7, 11) is 1.96. The Morgan fingerprint density at radius 1 is 1.20 bits per heavy atom. The fourth-order valence-electron chi connectivity index (χ4n) is 2.11. The van der Waals surface area contributed by atoms with E-state index in [2.05, 4.69) is 9.97 Å². The summed E-state index contributed by atoms with van der Waals surface area (Å²) in [6.45, 7) is 3.81. The Bertz CT molecular complexity index is 779. The number of nitrogens with zero attached hydrogens (tertiary/aromatic N) is 3. The van der Waals surface area contributed by atoms with Gasteiger partial charge in [-0.1, -0.05) is 0 Å². The van der Waals surface area contributed by atoms with E-state index in [1.165, 1.54) is 0 Å². The van der Waals surface area contributed by atoms with E-state index in [-0.39, 0.29) is 0 Å². The zero-order valence-corrected chi connectivity index (χ0v) is 11.7. The molecule has 20 heavy (non-hydrogen) atoms. The van der Waals surface area contributed by atoms with Gasteiger partial charge in [0.05, 0.1) is 11.9 Å². The molecule has 5 nitrogen and oxygen atoms in total. The molecular weight excluding hydrogens is 252 g/mol. The topological polar surface area (TPSA) is 68.2 Å². The molecule has 0 aliphatic heterocycles. The molecule has 2 heterocycles. The van der Waals surface area contributed by atoms with Crippen LogP contribution < -0.4 is 10.6 Å². The molecule has 0 unspecified atom stereocenters. The summed E-state index contributed by atoms with van der Waals surface area (Å²) in [5.41, 5.74) is 10.2. The number of pyridine rings is 1. The minimum Gasteiger partial charge on any atom is -0.441 e. The lowest BCUT2D eigenvalue weighted by Gasteiger charge is -2.19. The molecule has 2 aromatic heterocycles. The van der Waals surface area contributed by atoms with Crippen molar-refractivity contribution in [1.82, 2.24) is 9.97 Å². The smallest absolute Gasteiger partial charge is 0.192 e. The Morgan fingerprint density at radius 2 is 2.00 bits per heavy atom. The van der Waals surface area contributed by atoms with E-state index in [1.54, 1.807) is 6.20 Å². The summed E-state index contributed by atoms with van der Waals surface area (Å²) < 4.78 is 5.48. The van der Waals surface area contributed by atoms with Gasteiger partial charge >= 0.3 is 0 Å². The summed E-state index contributed by atoms with van der Waals surface area (Å²) in [5.74, 6) is 1.51. The third-order valence-electron chi connectivity index (χ3n) is 3.35. The summed E-state index contributed by atoms with van der Waals surface area (Å²) in [6, 6.07) is 7.86. The number of nitrogen functional groups attached to an aromatic ring is 1. The number of oxazole rings is 1. The van der Waals surface area contributed by atoms with Crippen molar-refractivity contribution in [2.45, 2.75) is 13.8 Å². The number of benzene rings is 1. The first kappa shape index (κ1) is 12.5. The van der Waals surface area contributed by atoms with Crippen molar-refractivity contribution in [3.8, 4) is 0 Å². The molecule has 2 N–H and O–H groups in total. The Kier molecular flexibility index (Phi) is 2.82. The molecule has 1 aromatic carbocycles. The van der Waals surface area contributed by atoms with Gasteiger partial charge in [-0.3, -0.25) is 0 Å². The lowest BCUT2D eigenvalue weighted by molar-refractivity contribution is 0.561. The van der Waals surface area contributed by atoms with Crippen molar-refractivity contribution in [2.24, 2.45) is 0 Å². The van der Waals surface area contributed by atoms with Crippen LogP contribution in [0.2, 0.25) is 0 Å². The first-order valence-electron chi connectivity index (χ1n) is 6.37. The van der Waals surface area contributed by atoms with E-state index >= 15 is 0 Å². The molecule has 102 valence electrons. The van der Waals surface area contributed by atoms with Gasteiger partial charge in [-0.15, -0.1) is 0 Å². The van der Waals surface area contributed by atoms with Crippen LogP contribution in [-0.4, -0.2) is 17.0 Å². The third kappa shape index (κ3) is 2.07. The predicted molar refractivity (Wildman–Crippen MR) is 80.2 cm³/mol. The van der Waals surface area contributed by atoms with E-state index < -0.39 is 0 Å². The average Bonchev–Trinajstić information content (AvgIpc) is 2.80. The van der Waals surface area contributed by atoms with Crippen molar-refractivity contribution in [3.63, 3.8) is 0 Å². The lowest BCUT2D eigenvalue weighted by atomic mass is 10.2. The van der Waals surface area contributed by atoms with E-state index in [0.717, 1.165) is 28.2 Å². The van der Waals surface area contributed by atoms with Crippen molar-refractivity contribution < 1.29 is 4.42 Å². The van der Waals surface area contributed by atoms with Gasteiger partial charge in [-0.05, 0) is 36.8 Å². The van der Waals surface area contributed by atoms with E-state index in [1.807, 2.05) is 50.1 Å². The number of fused-ring (bicyclic) bond motifs is 1. The molecule has 3 rings (SSSR count). The lowest BCUT2D eigenvalue weighted by Crippen LogP contribution is -2.11. The van der Waals surface area contributed by atoms with Gasteiger partial charge in [-0.2, -0.15) is 0 Å². The van der Waals surface area contributed by atoms with E-state index in [9.17, 15) is 0 Å². The molecule has 0 spiro atoms. The minimum absolute atomic E-state index is 0.668. The summed E-state index contributed by atoms with van der Waals surface area (Å²) in [6.07, 6.45) is 1.68. The second-order valence-electron chi connectivity index (χ2n) is 4.84. The molecule has 0 bridgehead atoms. The quantitative estimate of drug-likeness (QED) is 0.773. The van der Waals surface area contributed by atoms with Crippen LogP contribution in [0, 0.1) is 13.8 Å². The van der Waals surface area contributed by atoms with Crippen LogP contribution in [-0.2, 0) is 0 Å². The Hall–Kier alpha value is -2.56. The van der Waals surface area contributed by atoms with Crippen LogP contribution in [0.5, 0.6) is 0 Å². The fourth-order valence-corrected chi connectivity index (χ4v) is 2.11. The molecule has 0 atom stereocenters.